The second-order valence-electron chi connectivity index (χ2n) is 5.31. The zero-order valence-electron chi connectivity index (χ0n) is 12.9. The smallest absolute Gasteiger partial charge is 0.249 e. The number of phenolic OH excluding ortho intramolecular Hbond substituents is 1. The molecule has 0 fully saturated rings. The van der Waals surface area contributed by atoms with E-state index in [0.717, 1.165) is 11.1 Å². The average molecular weight is 323 g/mol. The Kier molecular flexibility index (Phi) is 4.81. The molecule has 0 aliphatic rings. The summed E-state index contributed by atoms with van der Waals surface area (Å²) in [5.41, 5.74) is 1.85. The lowest BCUT2D eigenvalue weighted by Gasteiger charge is -2.16. The van der Waals surface area contributed by atoms with Gasteiger partial charge < -0.3 is 10.4 Å². The number of hydrogen-bond acceptors (Lipinski definition) is 5. The Labute approximate surface area is 138 Å². The maximum absolute atomic E-state index is 12.6. The minimum Gasteiger partial charge on any atom is -0.508 e. The minimum atomic E-state index is -0.610. The van der Waals surface area contributed by atoms with Gasteiger partial charge in [0, 0.05) is 6.54 Å². The molecule has 1 amide bonds. The van der Waals surface area contributed by atoms with Gasteiger partial charge in [0.25, 0.3) is 0 Å². The Hall–Kier alpha value is -3.22. The maximum atomic E-state index is 12.6. The average Bonchev–Trinajstić information content (AvgIpc) is 3.12. The molecule has 2 aromatic carbocycles. The SMILES string of the molecule is O=C(NCCc1ccc(O)cc1)[C@@H](c1ccccc1)n1cnnn1. The lowest BCUT2D eigenvalue weighted by molar-refractivity contribution is -0.123. The third-order valence-electron chi connectivity index (χ3n) is 3.64. The molecule has 0 spiro atoms. The van der Waals surface area contributed by atoms with E-state index in [1.807, 2.05) is 42.5 Å². The number of aromatic hydroxyl groups is 1. The number of amides is 1. The van der Waals surface area contributed by atoms with E-state index >= 15 is 0 Å². The van der Waals surface area contributed by atoms with Gasteiger partial charge in [0.15, 0.2) is 6.04 Å². The van der Waals surface area contributed by atoms with Crippen molar-refractivity contribution in [1.82, 2.24) is 25.5 Å². The van der Waals surface area contributed by atoms with Gasteiger partial charge in [-0.05, 0) is 40.1 Å². The predicted molar refractivity (Wildman–Crippen MR) is 87.2 cm³/mol. The zero-order valence-corrected chi connectivity index (χ0v) is 12.9. The van der Waals surface area contributed by atoms with E-state index in [9.17, 15) is 9.90 Å². The molecule has 0 aliphatic carbocycles. The molecule has 0 bridgehead atoms. The Morgan fingerprint density at radius 3 is 2.54 bits per heavy atom. The van der Waals surface area contributed by atoms with Crippen LogP contribution in [0, 0.1) is 0 Å². The molecule has 0 unspecified atom stereocenters. The lowest BCUT2D eigenvalue weighted by Crippen LogP contribution is -2.34. The first kappa shape index (κ1) is 15.7. The van der Waals surface area contributed by atoms with Crippen LogP contribution in [0.1, 0.15) is 17.2 Å². The number of aromatic nitrogens is 4. The zero-order chi connectivity index (χ0) is 16.8. The maximum Gasteiger partial charge on any atom is 0.249 e. The van der Waals surface area contributed by atoms with Crippen molar-refractivity contribution in [3.8, 4) is 5.75 Å². The fourth-order valence-corrected chi connectivity index (χ4v) is 2.44. The van der Waals surface area contributed by atoms with Gasteiger partial charge in [-0.3, -0.25) is 4.79 Å². The van der Waals surface area contributed by atoms with Crippen LogP contribution in [-0.4, -0.2) is 37.8 Å². The summed E-state index contributed by atoms with van der Waals surface area (Å²) in [7, 11) is 0. The number of rotatable bonds is 6. The van der Waals surface area contributed by atoms with E-state index in [4.69, 9.17) is 0 Å². The molecule has 122 valence electrons. The Bertz CT molecular complexity index is 773. The first-order valence-corrected chi connectivity index (χ1v) is 7.57. The van der Waals surface area contributed by atoms with Crippen molar-refractivity contribution < 1.29 is 9.90 Å². The van der Waals surface area contributed by atoms with Gasteiger partial charge in [-0.2, -0.15) is 0 Å². The van der Waals surface area contributed by atoms with Crippen LogP contribution >= 0.6 is 0 Å². The number of nitrogens with zero attached hydrogens (tertiary/aromatic N) is 4. The number of carbonyl (C=O) groups is 1. The van der Waals surface area contributed by atoms with Gasteiger partial charge in [-0.1, -0.05) is 42.5 Å². The van der Waals surface area contributed by atoms with E-state index in [1.165, 1.54) is 11.0 Å². The highest BCUT2D eigenvalue weighted by Gasteiger charge is 2.23. The molecule has 7 heteroatoms. The molecule has 1 heterocycles. The van der Waals surface area contributed by atoms with Gasteiger partial charge in [0.1, 0.15) is 12.1 Å². The second-order valence-corrected chi connectivity index (χ2v) is 5.31. The van der Waals surface area contributed by atoms with Gasteiger partial charge in [0.05, 0.1) is 0 Å². The number of hydrogen-bond donors (Lipinski definition) is 2. The molecule has 24 heavy (non-hydrogen) atoms. The molecule has 0 saturated heterocycles. The summed E-state index contributed by atoms with van der Waals surface area (Å²) in [6.07, 6.45) is 2.10. The first-order valence-electron chi connectivity index (χ1n) is 7.57. The van der Waals surface area contributed by atoms with Crippen LogP contribution in [-0.2, 0) is 11.2 Å². The molecule has 2 N–H and O–H groups in total. The Morgan fingerprint density at radius 2 is 1.88 bits per heavy atom. The van der Waals surface area contributed by atoms with Crippen molar-refractivity contribution in [3.63, 3.8) is 0 Å². The predicted octanol–water partition coefficient (Wildman–Crippen LogP) is 1.33. The van der Waals surface area contributed by atoms with E-state index in [1.54, 1.807) is 12.1 Å². The van der Waals surface area contributed by atoms with E-state index in [0.29, 0.717) is 13.0 Å². The summed E-state index contributed by atoms with van der Waals surface area (Å²) in [4.78, 5) is 12.6. The third-order valence-corrected chi connectivity index (χ3v) is 3.64. The van der Waals surface area contributed by atoms with Crippen LogP contribution in [0.3, 0.4) is 0 Å². The minimum absolute atomic E-state index is 0.174. The number of benzene rings is 2. The van der Waals surface area contributed by atoms with Crippen molar-refractivity contribution in [2.45, 2.75) is 12.5 Å². The molecular weight excluding hydrogens is 306 g/mol. The van der Waals surface area contributed by atoms with Crippen LogP contribution in [0.25, 0.3) is 0 Å². The molecule has 1 aromatic heterocycles. The van der Waals surface area contributed by atoms with Crippen molar-refractivity contribution in [3.05, 3.63) is 72.1 Å². The normalized spacial score (nSPS) is 11.8. The van der Waals surface area contributed by atoms with Crippen LogP contribution in [0.4, 0.5) is 0 Å². The fourth-order valence-electron chi connectivity index (χ4n) is 2.44. The summed E-state index contributed by atoms with van der Waals surface area (Å²) < 4.78 is 1.44. The van der Waals surface area contributed by atoms with Gasteiger partial charge in [-0.15, -0.1) is 5.10 Å². The summed E-state index contributed by atoms with van der Waals surface area (Å²) in [5, 5.41) is 23.3. The molecule has 7 nitrogen and oxygen atoms in total. The topological polar surface area (TPSA) is 92.9 Å². The van der Waals surface area contributed by atoms with Crippen LogP contribution < -0.4 is 5.32 Å². The molecule has 3 rings (SSSR count). The number of tetrazole rings is 1. The van der Waals surface area contributed by atoms with Crippen molar-refractivity contribution >= 4 is 5.91 Å². The quantitative estimate of drug-likeness (QED) is 0.714. The van der Waals surface area contributed by atoms with E-state index in [2.05, 4.69) is 20.8 Å². The third kappa shape index (κ3) is 3.75. The Balaban J connectivity index is 1.67. The van der Waals surface area contributed by atoms with E-state index < -0.39 is 6.04 Å². The molecular formula is C17H17N5O2. The van der Waals surface area contributed by atoms with Gasteiger partial charge in [-0.25, -0.2) is 4.68 Å². The summed E-state index contributed by atoms with van der Waals surface area (Å²) in [6.45, 7) is 0.481. The molecule has 3 aromatic rings. The largest absolute Gasteiger partial charge is 0.508 e. The highest BCUT2D eigenvalue weighted by molar-refractivity contribution is 5.83. The summed E-state index contributed by atoms with van der Waals surface area (Å²) >= 11 is 0. The first-order chi connectivity index (χ1) is 11.7. The highest BCUT2D eigenvalue weighted by Crippen LogP contribution is 2.17. The summed E-state index contributed by atoms with van der Waals surface area (Å²) in [6, 6.07) is 15.7. The van der Waals surface area contributed by atoms with E-state index in [-0.39, 0.29) is 11.7 Å². The lowest BCUT2D eigenvalue weighted by atomic mass is 10.1. The number of phenols is 1. The van der Waals surface area contributed by atoms with Gasteiger partial charge in [0.2, 0.25) is 5.91 Å². The van der Waals surface area contributed by atoms with Crippen LogP contribution in [0.2, 0.25) is 0 Å². The monoisotopic (exact) mass is 323 g/mol. The van der Waals surface area contributed by atoms with Crippen LogP contribution in [0.5, 0.6) is 5.75 Å². The molecule has 0 saturated carbocycles. The molecule has 0 radical (unpaired) electrons. The van der Waals surface area contributed by atoms with Gasteiger partial charge >= 0.3 is 0 Å². The second kappa shape index (κ2) is 7.36. The van der Waals surface area contributed by atoms with Crippen molar-refractivity contribution in [2.75, 3.05) is 6.54 Å². The standard InChI is InChI=1S/C17H17N5O2/c23-15-8-6-13(7-9-15)10-11-18-17(24)16(22-12-19-20-21-22)14-4-2-1-3-5-14/h1-9,12,16,23H,10-11H2,(H,18,24)/t16-/m1/s1. The molecule has 0 aliphatic heterocycles. The number of carbonyl (C=O) groups excluding carboxylic acids is 1. The fraction of sp³-hybridized carbons (Fsp3) is 0.176. The van der Waals surface area contributed by atoms with Crippen LogP contribution in [0.15, 0.2) is 60.9 Å². The Morgan fingerprint density at radius 1 is 1.12 bits per heavy atom. The number of nitrogens with one attached hydrogen (secondary N) is 1. The summed E-state index contributed by atoms with van der Waals surface area (Å²) in [5.74, 6) is 0.0536. The van der Waals surface area contributed by atoms with Crippen molar-refractivity contribution in [2.24, 2.45) is 0 Å². The van der Waals surface area contributed by atoms with Crippen molar-refractivity contribution in [1.29, 1.82) is 0 Å². The molecule has 1 atom stereocenters. The highest BCUT2D eigenvalue weighted by atomic mass is 16.3.